The highest BCUT2D eigenvalue weighted by Crippen LogP contribution is 2.26. The minimum Gasteiger partial charge on any atom is -0.355 e. The summed E-state index contributed by atoms with van der Waals surface area (Å²) in [6.45, 7) is 4.52. The van der Waals surface area contributed by atoms with Crippen molar-refractivity contribution in [2.24, 2.45) is 7.05 Å². The van der Waals surface area contributed by atoms with Crippen LogP contribution in [-0.2, 0) is 13.6 Å². The minimum atomic E-state index is 0.375. The average Bonchev–Trinajstić information content (AvgIpc) is 3.20. The average molecular weight is 342 g/mol. The maximum Gasteiger partial charge on any atom is 0.223 e. The van der Waals surface area contributed by atoms with Crippen LogP contribution in [0.1, 0.15) is 24.6 Å². The fourth-order valence-electron chi connectivity index (χ4n) is 3.50. The van der Waals surface area contributed by atoms with E-state index in [9.17, 15) is 0 Å². The van der Waals surface area contributed by atoms with Gasteiger partial charge in [-0.05, 0) is 19.4 Å². The predicted molar refractivity (Wildman–Crippen MR) is 92.0 cm³/mol. The van der Waals surface area contributed by atoms with Crippen molar-refractivity contribution in [2.45, 2.75) is 32.4 Å². The third-order valence-corrected chi connectivity index (χ3v) is 4.81. The number of aryl methyl sites for hydroxylation is 2. The Bertz CT molecular complexity index is 872. The molecule has 25 heavy (non-hydrogen) atoms. The van der Waals surface area contributed by atoms with Crippen molar-refractivity contribution in [2.75, 3.05) is 25.0 Å². The lowest BCUT2D eigenvalue weighted by atomic mass is 10.0. The summed E-state index contributed by atoms with van der Waals surface area (Å²) in [5.41, 5.74) is 0.854. The Kier molecular flexibility index (Phi) is 4.08. The van der Waals surface area contributed by atoms with Crippen molar-refractivity contribution in [3.63, 3.8) is 0 Å². The highest BCUT2D eigenvalue weighted by atomic mass is 16.5. The normalized spacial score (nSPS) is 18.8. The van der Waals surface area contributed by atoms with Crippen LogP contribution < -0.4 is 4.90 Å². The van der Waals surface area contributed by atoms with Crippen LogP contribution in [0.4, 0.5) is 5.82 Å². The quantitative estimate of drug-likeness (QED) is 0.698. The molecule has 3 aromatic heterocycles. The second-order valence-electron chi connectivity index (χ2n) is 6.57. The van der Waals surface area contributed by atoms with Crippen molar-refractivity contribution in [3.8, 4) is 0 Å². The molecular formula is C16H22N8O. The number of likely N-dealkylation sites (tertiary alicyclic amines) is 1. The van der Waals surface area contributed by atoms with Crippen LogP contribution in [0, 0.1) is 6.92 Å². The summed E-state index contributed by atoms with van der Waals surface area (Å²) in [6, 6.07) is 0.375. The Morgan fingerprint density at radius 3 is 3.04 bits per heavy atom. The number of anilines is 1. The number of piperidine rings is 1. The Morgan fingerprint density at radius 1 is 1.36 bits per heavy atom. The summed E-state index contributed by atoms with van der Waals surface area (Å²) in [5.74, 6) is 2.29. The molecule has 3 aromatic rings. The van der Waals surface area contributed by atoms with Gasteiger partial charge in [-0.1, -0.05) is 5.16 Å². The van der Waals surface area contributed by atoms with Gasteiger partial charge in [0.1, 0.15) is 12.1 Å². The third-order valence-electron chi connectivity index (χ3n) is 4.81. The largest absolute Gasteiger partial charge is 0.355 e. The van der Waals surface area contributed by atoms with E-state index in [-0.39, 0.29) is 0 Å². The van der Waals surface area contributed by atoms with E-state index >= 15 is 0 Å². The highest BCUT2D eigenvalue weighted by Gasteiger charge is 2.26. The molecule has 1 atom stereocenters. The van der Waals surface area contributed by atoms with Gasteiger partial charge in [0.15, 0.2) is 11.5 Å². The van der Waals surface area contributed by atoms with Gasteiger partial charge in [-0.15, -0.1) is 0 Å². The number of hydrogen-bond donors (Lipinski definition) is 0. The first kappa shape index (κ1) is 15.9. The predicted octanol–water partition coefficient (Wildman–Crippen LogP) is 1.16. The maximum absolute atomic E-state index is 5.08. The Morgan fingerprint density at radius 2 is 2.24 bits per heavy atom. The SMILES string of the molecule is Cc1nc(CN2CCCC(N(C)c3ncnc4c3cnn4C)C2)no1. The van der Waals surface area contributed by atoms with Crippen LogP contribution in [0.3, 0.4) is 0 Å². The molecule has 1 aliphatic heterocycles. The Balaban J connectivity index is 1.52. The van der Waals surface area contributed by atoms with Gasteiger partial charge in [0.2, 0.25) is 5.89 Å². The number of hydrogen-bond acceptors (Lipinski definition) is 8. The lowest BCUT2D eigenvalue weighted by Crippen LogP contribution is -2.46. The van der Waals surface area contributed by atoms with E-state index in [4.69, 9.17) is 4.52 Å². The molecule has 0 bridgehead atoms. The molecule has 0 amide bonds. The van der Waals surface area contributed by atoms with E-state index in [1.807, 2.05) is 20.2 Å². The second kappa shape index (κ2) is 6.40. The lowest BCUT2D eigenvalue weighted by Gasteiger charge is -2.37. The zero-order valence-corrected chi connectivity index (χ0v) is 14.8. The third kappa shape index (κ3) is 3.07. The molecule has 1 saturated heterocycles. The minimum absolute atomic E-state index is 0.375. The molecule has 0 aromatic carbocycles. The van der Waals surface area contributed by atoms with Gasteiger partial charge in [-0.3, -0.25) is 9.58 Å². The zero-order chi connectivity index (χ0) is 17.4. The van der Waals surface area contributed by atoms with Crippen molar-refractivity contribution in [1.29, 1.82) is 0 Å². The van der Waals surface area contributed by atoms with Crippen LogP contribution in [0.25, 0.3) is 11.0 Å². The smallest absolute Gasteiger partial charge is 0.223 e. The number of nitrogens with zero attached hydrogens (tertiary/aromatic N) is 8. The molecule has 4 heterocycles. The van der Waals surface area contributed by atoms with Crippen LogP contribution in [0.5, 0.6) is 0 Å². The molecule has 1 aliphatic rings. The van der Waals surface area contributed by atoms with E-state index in [0.29, 0.717) is 18.5 Å². The van der Waals surface area contributed by atoms with Crippen molar-refractivity contribution in [3.05, 3.63) is 24.2 Å². The van der Waals surface area contributed by atoms with E-state index in [2.05, 4.69) is 42.1 Å². The molecular weight excluding hydrogens is 320 g/mol. The molecule has 132 valence electrons. The summed E-state index contributed by atoms with van der Waals surface area (Å²) in [5, 5.41) is 9.30. The summed E-state index contributed by atoms with van der Waals surface area (Å²) in [4.78, 5) is 17.8. The monoisotopic (exact) mass is 342 g/mol. The number of rotatable bonds is 4. The Hall–Kier alpha value is -2.55. The summed E-state index contributed by atoms with van der Waals surface area (Å²) in [6.07, 6.45) is 5.71. The number of aromatic nitrogens is 6. The summed E-state index contributed by atoms with van der Waals surface area (Å²) < 4.78 is 6.85. The van der Waals surface area contributed by atoms with Crippen molar-refractivity contribution >= 4 is 16.9 Å². The van der Waals surface area contributed by atoms with Crippen LogP contribution >= 0.6 is 0 Å². The van der Waals surface area contributed by atoms with Gasteiger partial charge in [0.05, 0.1) is 18.1 Å². The highest BCUT2D eigenvalue weighted by molar-refractivity contribution is 5.86. The molecule has 0 saturated carbocycles. The van der Waals surface area contributed by atoms with Gasteiger partial charge in [-0.25, -0.2) is 9.97 Å². The van der Waals surface area contributed by atoms with Gasteiger partial charge in [-0.2, -0.15) is 10.1 Å². The first-order valence-corrected chi connectivity index (χ1v) is 8.49. The topological polar surface area (TPSA) is 89.0 Å². The summed E-state index contributed by atoms with van der Waals surface area (Å²) in [7, 11) is 4.00. The van der Waals surface area contributed by atoms with Crippen LogP contribution in [0.2, 0.25) is 0 Å². The van der Waals surface area contributed by atoms with Gasteiger partial charge >= 0.3 is 0 Å². The molecule has 0 N–H and O–H groups in total. The van der Waals surface area contributed by atoms with Crippen molar-refractivity contribution in [1.82, 2.24) is 34.8 Å². The Labute approximate surface area is 145 Å². The zero-order valence-electron chi connectivity index (χ0n) is 14.8. The van der Waals surface area contributed by atoms with Gasteiger partial charge < -0.3 is 9.42 Å². The molecule has 9 heteroatoms. The molecule has 0 radical (unpaired) electrons. The van der Waals surface area contributed by atoms with Gasteiger partial charge in [0.25, 0.3) is 0 Å². The lowest BCUT2D eigenvalue weighted by molar-refractivity contribution is 0.192. The molecule has 4 rings (SSSR count). The van der Waals surface area contributed by atoms with Crippen molar-refractivity contribution < 1.29 is 4.52 Å². The molecule has 1 unspecified atom stereocenters. The second-order valence-corrected chi connectivity index (χ2v) is 6.57. The van der Waals surface area contributed by atoms with Crippen LogP contribution in [0.15, 0.2) is 17.0 Å². The molecule has 0 spiro atoms. The number of fused-ring (bicyclic) bond motifs is 1. The standard InChI is InChI=1S/C16H22N8O/c1-11-20-14(21-25-11)9-24-6-4-5-12(8-24)22(2)15-13-7-19-23(3)16(13)18-10-17-15/h7,10,12H,4-6,8-9H2,1-3H3. The van der Waals surface area contributed by atoms with E-state index in [1.54, 1.807) is 11.0 Å². The van der Waals surface area contributed by atoms with E-state index in [1.165, 1.54) is 0 Å². The molecule has 1 fully saturated rings. The maximum atomic E-state index is 5.08. The first-order chi connectivity index (χ1) is 12.1. The fraction of sp³-hybridized carbons (Fsp3) is 0.562. The molecule has 0 aliphatic carbocycles. The molecule has 9 nitrogen and oxygen atoms in total. The van der Waals surface area contributed by atoms with Gasteiger partial charge in [0, 0.05) is 33.6 Å². The van der Waals surface area contributed by atoms with E-state index < -0.39 is 0 Å². The van der Waals surface area contributed by atoms with E-state index in [0.717, 1.165) is 48.6 Å². The van der Waals surface area contributed by atoms with Crippen LogP contribution in [-0.4, -0.2) is 61.0 Å². The first-order valence-electron chi connectivity index (χ1n) is 8.49. The number of likely N-dealkylation sites (N-methyl/N-ethyl adjacent to an activating group) is 1. The summed E-state index contributed by atoms with van der Waals surface area (Å²) >= 11 is 0. The fourth-order valence-corrected chi connectivity index (χ4v) is 3.50.